The second-order valence-corrected chi connectivity index (χ2v) is 6.01. The summed E-state index contributed by atoms with van der Waals surface area (Å²) in [7, 11) is 0. The van der Waals surface area contributed by atoms with Crippen molar-refractivity contribution < 1.29 is 19.4 Å². The number of aryl methyl sites for hydroxylation is 2. The van der Waals surface area contributed by atoms with Gasteiger partial charge in [0, 0.05) is 5.56 Å². The van der Waals surface area contributed by atoms with Crippen LogP contribution in [0.25, 0.3) is 0 Å². The van der Waals surface area contributed by atoms with Crippen LogP contribution in [0.4, 0.5) is 0 Å². The van der Waals surface area contributed by atoms with E-state index in [2.05, 4.69) is 5.32 Å². The van der Waals surface area contributed by atoms with Crippen molar-refractivity contribution in [2.24, 2.45) is 0 Å². The zero-order valence-electron chi connectivity index (χ0n) is 13.7. The van der Waals surface area contributed by atoms with Gasteiger partial charge in [-0.1, -0.05) is 30.3 Å². The molecule has 0 aliphatic heterocycles. The third-order valence-corrected chi connectivity index (χ3v) is 3.81. The number of amides is 1. The van der Waals surface area contributed by atoms with E-state index in [4.69, 9.17) is 4.42 Å². The SMILES string of the molecule is Cc1cc(C(C)(O)CNC(=O)CC(O)c2ccccc2)c(C)o1. The molecule has 1 heterocycles. The average molecular weight is 317 g/mol. The molecule has 0 saturated heterocycles. The summed E-state index contributed by atoms with van der Waals surface area (Å²) >= 11 is 0. The molecule has 0 aliphatic rings. The molecule has 2 unspecified atom stereocenters. The molecule has 5 nitrogen and oxygen atoms in total. The largest absolute Gasteiger partial charge is 0.466 e. The minimum Gasteiger partial charge on any atom is -0.466 e. The molecule has 2 atom stereocenters. The van der Waals surface area contributed by atoms with E-state index in [1.807, 2.05) is 18.2 Å². The first-order valence-corrected chi connectivity index (χ1v) is 7.59. The summed E-state index contributed by atoms with van der Waals surface area (Å²) in [5.41, 5.74) is 0.115. The molecule has 0 saturated carbocycles. The van der Waals surface area contributed by atoms with Gasteiger partial charge in [0.1, 0.15) is 17.1 Å². The Hall–Kier alpha value is -2.11. The summed E-state index contributed by atoms with van der Waals surface area (Å²) in [4.78, 5) is 12.0. The van der Waals surface area contributed by atoms with E-state index in [9.17, 15) is 15.0 Å². The van der Waals surface area contributed by atoms with Crippen molar-refractivity contribution in [1.82, 2.24) is 5.32 Å². The molecule has 3 N–H and O–H groups in total. The highest BCUT2D eigenvalue weighted by Gasteiger charge is 2.28. The normalized spacial score (nSPS) is 15.0. The zero-order chi connectivity index (χ0) is 17.0. The molecule has 2 rings (SSSR count). The number of aliphatic hydroxyl groups excluding tert-OH is 1. The maximum Gasteiger partial charge on any atom is 0.223 e. The molecule has 0 aliphatic carbocycles. The van der Waals surface area contributed by atoms with E-state index in [1.54, 1.807) is 39.0 Å². The molecule has 23 heavy (non-hydrogen) atoms. The average Bonchev–Trinajstić information content (AvgIpc) is 2.86. The van der Waals surface area contributed by atoms with Crippen molar-refractivity contribution in [3.63, 3.8) is 0 Å². The predicted octanol–water partition coefficient (Wildman–Crippen LogP) is 2.34. The van der Waals surface area contributed by atoms with Gasteiger partial charge in [0.15, 0.2) is 0 Å². The topological polar surface area (TPSA) is 82.7 Å². The number of benzene rings is 1. The number of hydrogen-bond donors (Lipinski definition) is 3. The van der Waals surface area contributed by atoms with Crippen LogP contribution >= 0.6 is 0 Å². The van der Waals surface area contributed by atoms with E-state index in [1.165, 1.54) is 0 Å². The smallest absolute Gasteiger partial charge is 0.223 e. The van der Waals surface area contributed by atoms with Gasteiger partial charge < -0.3 is 19.9 Å². The highest BCUT2D eigenvalue weighted by Crippen LogP contribution is 2.26. The fourth-order valence-electron chi connectivity index (χ4n) is 2.57. The summed E-state index contributed by atoms with van der Waals surface area (Å²) in [6.07, 6.45) is -0.914. The standard InChI is InChI=1S/C18H23NO4/c1-12-9-15(13(2)23-12)18(3,22)11-19-17(21)10-16(20)14-7-5-4-6-8-14/h4-9,16,20,22H,10-11H2,1-3H3,(H,19,21). The van der Waals surface area contributed by atoms with Crippen LogP contribution in [0.5, 0.6) is 0 Å². The Labute approximate surface area is 136 Å². The van der Waals surface area contributed by atoms with Gasteiger partial charge in [0.05, 0.1) is 19.1 Å². The maximum atomic E-state index is 12.0. The number of aliphatic hydroxyl groups is 2. The molecule has 2 aromatic rings. The zero-order valence-corrected chi connectivity index (χ0v) is 13.7. The summed E-state index contributed by atoms with van der Waals surface area (Å²) in [6, 6.07) is 10.8. The van der Waals surface area contributed by atoms with Gasteiger partial charge >= 0.3 is 0 Å². The molecule has 0 radical (unpaired) electrons. The number of carbonyl (C=O) groups is 1. The molecular weight excluding hydrogens is 294 g/mol. The van der Waals surface area contributed by atoms with Crippen molar-refractivity contribution in [2.45, 2.75) is 38.9 Å². The van der Waals surface area contributed by atoms with Gasteiger partial charge in [-0.3, -0.25) is 4.79 Å². The maximum absolute atomic E-state index is 12.0. The quantitative estimate of drug-likeness (QED) is 0.764. The van der Waals surface area contributed by atoms with Crippen LogP contribution < -0.4 is 5.32 Å². The first-order chi connectivity index (χ1) is 10.8. The van der Waals surface area contributed by atoms with Gasteiger partial charge in [-0.25, -0.2) is 0 Å². The van der Waals surface area contributed by atoms with Crippen LogP contribution in [-0.4, -0.2) is 22.7 Å². The van der Waals surface area contributed by atoms with Crippen molar-refractivity contribution in [1.29, 1.82) is 0 Å². The van der Waals surface area contributed by atoms with E-state index in [0.29, 0.717) is 22.6 Å². The lowest BCUT2D eigenvalue weighted by atomic mass is 9.96. The Bertz CT molecular complexity index is 661. The Morgan fingerprint density at radius 1 is 1.30 bits per heavy atom. The van der Waals surface area contributed by atoms with Crippen LogP contribution in [0, 0.1) is 13.8 Å². The van der Waals surface area contributed by atoms with Gasteiger partial charge in [-0.15, -0.1) is 0 Å². The van der Waals surface area contributed by atoms with E-state index < -0.39 is 11.7 Å². The highest BCUT2D eigenvalue weighted by molar-refractivity contribution is 5.76. The van der Waals surface area contributed by atoms with Gasteiger partial charge in [-0.05, 0) is 32.4 Å². The van der Waals surface area contributed by atoms with Crippen LogP contribution in [0.3, 0.4) is 0 Å². The van der Waals surface area contributed by atoms with Crippen LogP contribution in [-0.2, 0) is 10.4 Å². The van der Waals surface area contributed by atoms with Crippen molar-refractivity contribution in [3.8, 4) is 0 Å². The number of furan rings is 1. The van der Waals surface area contributed by atoms with Crippen molar-refractivity contribution >= 4 is 5.91 Å². The molecule has 0 fully saturated rings. The van der Waals surface area contributed by atoms with Gasteiger partial charge in [-0.2, -0.15) is 0 Å². The monoisotopic (exact) mass is 317 g/mol. The fraction of sp³-hybridized carbons (Fsp3) is 0.389. The highest BCUT2D eigenvalue weighted by atomic mass is 16.3. The van der Waals surface area contributed by atoms with Gasteiger partial charge in [0.25, 0.3) is 0 Å². The molecule has 0 spiro atoms. The van der Waals surface area contributed by atoms with E-state index in [-0.39, 0.29) is 18.9 Å². The Balaban J connectivity index is 1.92. The van der Waals surface area contributed by atoms with Crippen molar-refractivity contribution in [2.75, 3.05) is 6.54 Å². The first kappa shape index (κ1) is 17.2. The van der Waals surface area contributed by atoms with Gasteiger partial charge in [0.2, 0.25) is 5.91 Å². The molecule has 0 bridgehead atoms. The Morgan fingerprint density at radius 3 is 2.52 bits per heavy atom. The second-order valence-electron chi connectivity index (χ2n) is 6.01. The summed E-state index contributed by atoms with van der Waals surface area (Å²) in [5.74, 6) is 1.02. The lowest BCUT2D eigenvalue weighted by Gasteiger charge is -2.23. The Kier molecular flexibility index (Phi) is 5.23. The van der Waals surface area contributed by atoms with Crippen molar-refractivity contribution in [3.05, 3.63) is 59.0 Å². The molecule has 124 valence electrons. The third kappa shape index (κ3) is 4.43. The number of nitrogens with one attached hydrogen (secondary N) is 1. The summed E-state index contributed by atoms with van der Waals surface area (Å²) in [5, 5.41) is 23.3. The molecule has 1 aromatic carbocycles. The first-order valence-electron chi connectivity index (χ1n) is 7.59. The predicted molar refractivity (Wildman–Crippen MR) is 86.8 cm³/mol. The molecule has 5 heteroatoms. The molecular formula is C18H23NO4. The molecule has 1 amide bonds. The van der Waals surface area contributed by atoms with E-state index in [0.717, 1.165) is 0 Å². The minimum atomic E-state index is -1.23. The fourth-order valence-corrected chi connectivity index (χ4v) is 2.57. The summed E-state index contributed by atoms with van der Waals surface area (Å²) in [6.45, 7) is 5.25. The van der Waals surface area contributed by atoms with Crippen LogP contribution in [0.15, 0.2) is 40.8 Å². The van der Waals surface area contributed by atoms with Crippen LogP contribution in [0.2, 0.25) is 0 Å². The third-order valence-electron chi connectivity index (χ3n) is 3.81. The lowest BCUT2D eigenvalue weighted by Crippen LogP contribution is -2.39. The number of carbonyl (C=O) groups excluding carboxylic acids is 1. The summed E-state index contributed by atoms with van der Waals surface area (Å²) < 4.78 is 5.42. The lowest BCUT2D eigenvalue weighted by molar-refractivity contribution is -0.124. The minimum absolute atomic E-state index is 0.0488. The number of rotatable bonds is 6. The van der Waals surface area contributed by atoms with E-state index >= 15 is 0 Å². The second kappa shape index (κ2) is 6.98. The van der Waals surface area contributed by atoms with Crippen LogP contribution in [0.1, 0.15) is 42.1 Å². The Morgan fingerprint density at radius 2 is 1.96 bits per heavy atom. The molecule has 1 aromatic heterocycles. The number of hydrogen-bond acceptors (Lipinski definition) is 4.